The van der Waals surface area contributed by atoms with Gasteiger partial charge < -0.3 is 9.88 Å². The molecule has 154 valence electrons. The van der Waals surface area contributed by atoms with Crippen molar-refractivity contribution in [1.82, 2.24) is 14.9 Å². The maximum Gasteiger partial charge on any atom is 0.223 e. The molecule has 4 heteroatoms. The summed E-state index contributed by atoms with van der Waals surface area (Å²) in [7, 11) is 0. The summed E-state index contributed by atoms with van der Waals surface area (Å²) >= 11 is 0. The van der Waals surface area contributed by atoms with Crippen LogP contribution in [0.15, 0.2) is 48.5 Å². The minimum atomic E-state index is 0.0703. The third kappa shape index (κ3) is 4.87. The van der Waals surface area contributed by atoms with Gasteiger partial charge in [0.1, 0.15) is 5.82 Å². The van der Waals surface area contributed by atoms with Crippen LogP contribution in [0.25, 0.3) is 11.0 Å². The highest BCUT2D eigenvalue weighted by molar-refractivity contribution is 5.79. The molecule has 0 saturated heterocycles. The summed E-state index contributed by atoms with van der Waals surface area (Å²) < 4.78 is 2.22. The van der Waals surface area contributed by atoms with Gasteiger partial charge in [0.15, 0.2) is 0 Å². The van der Waals surface area contributed by atoms with Crippen molar-refractivity contribution in [2.24, 2.45) is 5.92 Å². The van der Waals surface area contributed by atoms with Crippen molar-refractivity contribution in [1.29, 1.82) is 0 Å². The first kappa shape index (κ1) is 21.1. The van der Waals surface area contributed by atoms with E-state index in [2.05, 4.69) is 67.9 Å². The van der Waals surface area contributed by atoms with Crippen LogP contribution in [0, 0.1) is 5.92 Å². The molecule has 1 atom stereocenters. The van der Waals surface area contributed by atoms with E-state index in [9.17, 15) is 4.79 Å². The van der Waals surface area contributed by atoms with Crippen molar-refractivity contribution < 1.29 is 4.79 Å². The summed E-state index contributed by atoms with van der Waals surface area (Å²) in [6.45, 7) is 9.81. The molecule has 0 spiro atoms. The predicted octanol–water partition coefficient (Wildman–Crippen LogP) is 5.65. The topological polar surface area (TPSA) is 46.9 Å². The number of hydrogen-bond donors (Lipinski definition) is 1. The monoisotopic (exact) mass is 391 g/mol. The fraction of sp³-hybridized carbons (Fsp3) is 0.440. The molecule has 0 bridgehead atoms. The molecule has 0 fully saturated rings. The van der Waals surface area contributed by atoms with Gasteiger partial charge in [-0.25, -0.2) is 4.98 Å². The Hall–Kier alpha value is -2.62. The molecule has 0 aliphatic carbocycles. The molecule has 4 nitrogen and oxygen atoms in total. The Morgan fingerprint density at radius 2 is 1.69 bits per heavy atom. The highest BCUT2D eigenvalue weighted by atomic mass is 16.1. The number of hydrogen-bond acceptors (Lipinski definition) is 2. The number of carbonyl (C=O) groups is 1. The second-order valence-corrected chi connectivity index (χ2v) is 7.88. The second-order valence-electron chi connectivity index (χ2n) is 7.88. The Kier molecular flexibility index (Phi) is 7.08. The number of benzene rings is 2. The quantitative estimate of drug-likeness (QED) is 0.512. The van der Waals surface area contributed by atoms with E-state index >= 15 is 0 Å². The smallest absolute Gasteiger partial charge is 0.223 e. The maximum absolute atomic E-state index is 12.4. The van der Waals surface area contributed by atoms with Crippen molar-refractivity contribution in [2.45, 2.75) is 66.0 Å². The summed E-state index contributed by atoms with van der Waals surface area (Å²) in [5, 5.41) is 3.10. The SMILES string of the molecule is CCC(CC)C(=O)NCc1nc2ccccc2n1Cc1ccc(C(C)CC)cc1. The van der Waals surface area contributed by atoms with Crippen LogP contribution in [0.5, 0.6) is 0 Å². The van der Waals surface area contributed by atoms with Gasteiger partial charge in [0, 0.05) is 12.5 Å². The highest BCUT2D eigenvalue weighted by Crippen LogP contribution is 2.21. The summed E-state index contributed by atoms with van der Waals surface area (Å²) in [6, 6.07) is 17.1. The van der Waals surface area contributed by atoms with Crippen molar-refractivity contribution in [2.75, 3.05) is 0 Å². The average Bonchev–Trinajstić information content (AvgIpc) is 3.10. The van der Waals surface area contributed by atoms with Gasteiger partial charge >= 0.3 is 0 Å². The van der Waals surface area contributed by atoms with Crippen LogP contribution in [-0.4, -0.2) is 15.5 Å². The fourth-order valence-electron chi connectivity index (χ4n) is 3.78. The lowest BCUT2D eigenvalue weighted by Crippen LogP contribution is -2.30. The molecule has 0 saturated carbocycles. The Morgan fingerprint density at radius 1 is 1.00 bits per heavy atom. The van der Waals surface area contributed by atoms with Gasteiger partial charge in [0.2, 0.25) is 5.91 Å². The third-order valence-electron chi connectivity index (χ3n) is 6.01. The lowest BCUT2D eigenvalue weighted by molar-refractivity contribution is -0.125. The molecule has 1 amide bonds. The van der Waals surface area contributed by atoms with E-state index in [1.54, 1.807) is 0 Å². The zero-order chi connectivity index (χ0) is 20.8. The van der Waals surface area contributed by atoms with Crippen LogP contribution in [0.1, 0.15) is 69.8 Å². The Morgan fingerprint density at radius 3 is 2.34 bits per heavy atom. The van der Waals surface area contributed by atoms with Crippen molar-refractivity contribution in [3.05, 3.63) is 65.5 Å². The number of nitrogens with zero attached hydrogens (tertiary/aromatic N) is 2. The first-order valence-electron chi connectivity index (χ1n) is 10.9. The van der Waals surface area contributed by atoms with Gasteiger partial charge in [-0.3, -0.25) is 4.79 Å². The van der Waals surface area contributed by atoms with Crippen LogP contribution in [0.4, 0.5) is 0 Å². The molecule has 1 unspecified atom stereocenters. The molecule has 0 aliphatic rings. The summed E-state index contributed by atoms with van der Waals surface area (Å²) in [6.07, 6.45) is 2.87. The highest BCUT2D eigenvalue weighted by Gasteiger charge is 2.16. The fourth-order valence-corrected chi connectivity index (χ4v) is 3.78. The van der Waals surface area contributed by atoms with Gasteiger partial charge in [0.25, 0.3) is 0 Å². The lowest BCUT2D eigenvalue weighted by atomic mass is 9.98. The number of aromatic nitrogens is 2. The maximum atomic E-state index is 12.4. The minimum absolute atomic E-state index is 0.0703. The number of amides is 1. The van der Waals surface area contributed by atoms with Gasteiger partial charge in [-0.05, 0) is 48.4 Å². The number of imidazole rings is 1. The molecule has 29 heavy (non-hydrogen) atoms. The molecule has 1 aromatic heterocycles. The first-order chi connectivity index (χ1) is 14.1. The molecule has 0 radical (unpaired) electrons. The molecule has 0 aliphatic heterocycles. The lowest BCUT2D eigenvalue weighted by Gasteiger charge is -2.15. The van der Waals surface area contributed by atoms with Gasteiger partial charge in [-0.1, -0.05) is 64.1 Å². The molecular weight excluding hydrogens is 358 g/mol. The predicted molar refractivity (Wildman–Crippen MR) is 120 cm³/mol. The summed E-state index contributed by atoms with van der Waals surface area (Å²) in [4.78, 5) is 17.2. The number of carbonyl (C=O) groups excluding carboxylic acids is 1. The molecule has 1 heterocycles. The average molecular weight is 392 g/mol. The summed E-state index contributed by atoms with van der Waals surface area (Å²) in [5.41, 5.74) is 4.69. The molecule has 3 rings (SSSR count). The van der Waals surface area contributed by atoms with Crippen LogP contribution < -0.4 is 5.32 Å². The number of fused-ring (bicyclic) bond motifs is 1. The molecular formula is C25H33N3O. The van der Waals surface area contributed by atoms with E-state index in [0.29, 0.717) is 12.5 Å². The zero-order valence-corrected chi connectivity index (χ0v) is 18.1. The van der Waals surface area contributed by atoms with Crippen LogP contribution in [0.3, 0.4) is 0 Å². The van der Waals surface area contributed by atoms with Crippen molar-refractivity contribution >= 4 is 16.9 Å². The minimum Gasteiger partial charge on any atom is -0.349 e. The van der Waals surface area contributed by atoms with E-state index in [0.717, 1.165) is 42.7 Å². The van der Waals surface area contributed by atoms with Gasteiger partial charge in [-0.2, -0.15) is 0 Å². The largest absolute Gasteiger partial charge is 0.349 e. The summed E-state index contributed by atoms with van der Waals surface area (Å²) in [5.74, 6) is 1.66. The van der Waals surface area contributed by atoms with Gasteiger partial charge in [-0.15, -0.1) is 0 Å². The first-order valence-corrected chi connectivity index (χ1v) is 10.9. The molecule has 3 aromatic rings. The normalized spacial score (nSPS) is 12.4. The van der Waals surface area contributed by atoms with Crippen LogP contribution in [-0.2, 0) is 17.9 Å². The number of rotatable bonds is 9. The van der Waals surface area contributed by atoms with Crippen molar-refractivity contribution in [3.8, 4) is 0 Å². The molecule has 2 aromatic carbocycles. The Bertz CT molecular complexity index is 938. The van der Waals surface area contributed by atoms with E-state index in [4.69, 9.17) is 4.98 Å². The molecule has 1 N–H and O–H groups in total. The van der Waals surface area contributed by atoms with E-state index in [-0.39, 0.29) is 11.8 Å². The van der Waals surface area contributed by atoms with Gasteiger partial charge in [0.05, 0.1) is 17.6 Å². The number of para-hydroxylation sites is 2. The Balaban J connectivity index is 1.84. The zero-order valence-electron chi connectivity index (χ0n) is 18.1. The third-order valence-corrected chi connectivity index (χ3v) is 6.01. The van der Waals surface area contributed by atoms with E-state index < -0.39 is 0 Å². The van der Waals surface area contributed by atoms with E-state index in [1.165, 1.54) is 11.1 Å². The van der Waals surface area contributed by atoms with Crippen molar-refractivity contribution in [3.63, 3.8) is 0 Å². The van der Waals surface area contributed by atoms with Crippen LogP contribution >= 0.6 is 0 Å². The Labute approximate surface area is 174 Å². The van der Waals surface area contributed by atoms with Crippen LogP contribution in [0.2, 0.25) is 0 Å². The second kappa shape index (κ2) is 9.73. The number of nitrogens with one attached hydrogen (secondary N) is 1. The van der Waals surface area contributed by atoms with E-state index in [1.807, 2.05) is 18.2 Å². The standard InChI is InChI=1S/C25H33N3O/c1-5-18(4)21-14-12-19(13-15-21)17-28-23-11-9-8-10-22(23)27-24(28)16-26-25(29)20(6-2)7-3/h8-15,18,20H,5-7,16-17H2,1-4H3,(H,26,29).